The van der Waals surface area contributed by atoms with Crippen LogP contribution >= 0.6 is 0 Å². The molecule has 5 nitrogen and oxygen atoms in total. The Kier molecular flexibility index (Phi) is 4.97. The highest BCUT2D eigenvalue weighted by molar-refractivity contribution is 5.56. The average Bonchev–Trinajstić information content (AvgIpc) is 3.01. The second-order valence-electron chi connectivity index (χ2n) is 5.85. The van der Waals surface area contributed by atoms with E-state index in [1.54, 1.807) is 0 Å². The molecule has 0 aromatic heterocycles. The number of benzene rings is 1. The largest absolute Gasteiger partial charge is 0.454 e. The van der Waals surface area contributed by atoms with Gasteiger partial charge in [-0.15, -0.1) is 0 Å². The molecule has 120 valence electrons. The first kappa shape index (κ1) is 15.3. The van der Waals surface area contributed by atoms with Gasteiger partial charge in [-0.1, -0.05) is 25.1 Å². The molecule has 0 radical (unpaired) electrons. The van der Waals surface area contributed by atoms with Crippen LogP contribution in [0.5, 0.6) is 11.5 Å². The molecule has 0 spiro atoms. The van der Waals surface area contributed by atoms with Crippen LogP contribution in [0.15, 0.2) is 24.3 Å². The summed E-state index contributed by atoms with van der Waals surface area (Å²) >= 11 is 0. The molecule has 1 saturated heterocycles. The van der Waals surface area contributed by atoms with E-state index in [0.29, 0.717) is 0 Å². The van der Waals surface area contributed by atoms with Crippen molar-refractivity contribution in [3.8, 4) is 11.5 Å². The molecule has 1 N–H and O–H groups in total. The molecule has 0 aliphatic carbocycles. The molecule has 22 heavy (non-hydrogen) atoms. The summed E-state index contributed by atoms with van der Waals surface area (Å²) in [7, 11) is 0. The van der Waals surface area contributed by atoms with Gasteiger partial charge in [0.05, 0.1) is 19.3 Å². The zero-order chi connectivity index (χ0) is 15.4. The summed E-state index contributed by atoms with van der Waals surface area (Å²) < 4.78 is 16.0. The molecular weight excluding hydrogens is 282 g/mol. The van der Waals surface area contributed by atoms with Gasteiger partial charge in [0.1, 0.15) is 0 Å². The van der Waals surface area contributed by atoms with Crippen LogP contribution in [-0.2, 0) is 4.74 Å². The maximum Gasteiger partial charge on any atom is 0.231 e. The van der Waals surface area contributed by atoms with E-state index in [9.17, 15) is 5.11 Å². The molecule has 2 unspecified atom stereocenters. The normalized spacial score (nSPS) is 21.2. The minimum absolute atomic E-state index is 0.184. The highest BCUT2D eigenvalue weighted by Crippen LogP contribution is 2.32. The monoisotopic (exact) mass is 305 g/mol. The van der Waals surface area contributed by atoms with E-state index in [2.05, 4.69) is 11.8 Å². The SMILES string of the molecule is CC(CN1CCOCC1)C(O)C=Cc1ccc2c(c1)OCO2. The van der Waals surface area contributed by atoms with Gasteiger partial charge in [-0.05, 0) is 23.6 Å². The number of aliphatic hydroxyl groups excluding tert-OH is 1. The lowest BCUT2D eigenvalue weighted by Gasteiger charge is -2.30. The van der Waals surface area contributed by atoms with Gasteiger partial charge in [-0.3, -0.25) is 4.90 Å². The Morgan fingerprint density at radius 3 is 2.82 bits per heavy atom. The van der Waals surface area contributed by atoms with Crippen LogP contribution in [0.25, 0.3) is 6.08 Å². The Labute approximate surface area is 131 Å². The second-order valence-corrected chi connectivity index (χ2v) is 5.85. The average molecular weight is 305 g/mol. The number of fused-ring (bicyclic) bond motifs is 1. The Hall–Kier alpha value is -1.56. The van der Waals surface area contributed by atoms with Gasteiger partial charge in [0.15, 0.2) is 11.5 Å². The smallest absolute Gasteiger partial charge is 0.231 e. The highest BCUT2D eigenvalue weighted by atomic mass is 16.7. The summed E-state index contributed by atoms with van der Waals surface area (Å²) in [5.41, 5.74) is 1.00. The van der Waals surface area contributed by atoms with Crippen molar-refractivity contribution in [1.82, 2.24) is 4.90 Å². The van der Waals surface area contributed by atoms with Gasteiger partial charge in [0.25, 0.3) is 0 Å². The van der Waals surface area contributed by atoms with Crippen molar-refractivity contribution in [3.63, 3.8) is 0 Å². The molecule has 2 heterocycles. The predicted octanol–water partition coefficient (Wildman–Crippen LogP) is 1.76. The van der Waals surface area contributed by atoms with Gasteiger partial charge in [-0.25, -0.2) is 0 Å². The standard InChI is InChI=1S/C17H23NO4/c1-13(11-18-6-8-20-9-7-18)15(19)4-2-14-3-5-16-17(10-14)22-12-21-16/h2-5,10,13,15,19H,6-9,11-12H2,1H3. The molecule has 2 aliphatic rings. The van der Waals surface area contributed by atoms with E-state index in [1.165, 1.54) is 0 Å². The molecule has 1 aromatic rings. The molecule has 1 aromatic carbocycles. The van der Waals surface area contributed by atoms with Crippen LogP contribution in [0.3, 0.4) is 0 Å². The molecule has 2 aliphatic heterocycles. The molecule has 0 amide bonds. The Morgan fingerprint density at radius 2 is 2.00 bits per heavy atom. The van der Waals surface area contributed by atoms with E-state index in [4.69, 9.17) is 14.2 Å². The van der Waals surface area contributed by atoms with Crippen molar-refractivity contribution in [2.24, 2.45) is 5.92 Å². The molecule has 1 fully saturated rings. The number of aliphatic hydroxyl groups is 1. The lowest BCUT2D eigenvalue weighted by Crippen LogP contribution is -2.40. The number of ether oxygens (including phenoxy) is 3. The van der Waals surface area contributed by atoms with Gasteiger partial charge in [0.2, 0.25) is 6.79 Å². The van der Waals surface area contributed by atoms with Crippen molar-refractivity contribution >= 4 is 6.08 Å². The van der Waals surface area contributed by atoms with Crippen molar-refractivity contribution in [3.05, 3.63) is 29.8 Å². The fourth-order valence-corrected chi connectivity index (χ4v) is 2.72. The van der Waals surface area contributed by atoms with Crippen molar-refractivity contribution < 1.29 is 19.3 Å². The van der Waals surface area contributed by atoms with E-state index < -0.39 is 6.10 Å². The van der Waals surface area contributed by atoms with Gasteiger partial charge >= 0.3 is 0 Å². The number of morpholine rings is 1. The second kappa shape index (κ2) is 7.13. The third kappa shape index (κ3) is 3.80. The van der Waals surface area contributed by atoms with E-state index >= 15 is 0 Å². The van der Waals surface area contributed by atoms with Crippen LogP contribution in [-0.4, -0.2) is 55.8 Å². The molecule has 3 rings (SSSR count). The van der Waals surface area contributed by atoms with Crippen molar-refractivity contribution in [2.45, 2.75) is 13.0 Å². The number of nitrogens with zero attached hydrogens (tertiary/aromatic N) is 1. The number of hydrogen-bond donors (Lipinski definition) is 1. The fraction of sp³-hybridized carbons (Fsp3) is 0.529. The Bertz CT molecular complexity index is 525. The fourth-order valence-electron chi connectivity index (χ4n) is 2.72. The first-order valence-electron chi connectivity index (χ1n) is 7.78. The van der Waals surface area contributed by atoms with E-state index in [0.717, 1.165) is 49.9 Å². The van der Waals surface area contributed by atoms with Gasteiger partial charge in [0, 0.05) is 19.6 Å². The summed E-state index contributed by atoms with van der Waals surface area (Å²) in [6.45, 7) is 6.71. The highest BCUT2D eigenvalue weighted by Gasteiger charge is 2.18. The molecule has 5 heteroatoms. The summed E-state index contributed by atoms with van der Waals surface area (Å²) in [6, 6.07) is 5.78. The lowest BCUT2D eigenvalue weighted by molar-refractivity contribution is 0.0217. The number of hydrogen-bond acceptors (Lipinski definition) is 5. The van der Waals surface area contributed by atoms with Crippen LogP contribution in [0.1, 0.15) is 12.5 Å². The third-order valence-corrected chi connectivity index (χ3v) is 4.12. The molecule has 0 bridgehead atoms. The summed E-state index contributed by atoms with van der Waals surface area (Å²) in [5.74, 6) is 1.72. The summed E-state index contributed by atoms with van der Waals surface area (Å²) in [4.78, 5) is 2.34. The molecule has 2 atom stereocenters. The third-order valence-electron chi connectivity index (χ3n) is 4.12. The quantitative estimate of drug-likeness (QED) is 0.898. The number of rotatable bonds is 5. The Balaban J connectivity index is 1.54. The van der Waals surface area contributed by atoms with E-state index in [-0.39, 0.29) is 12.7 Å². The van der Waals surface area contributed by atoms with Crippen LogP contribution in [0.2, 0.25) is 0 Å². The summed E-state index contributed by atoms with van der Waals surface area (Å²) in [5, 5.41) is 10.3. The molecule has 0 saturated carbocycles. The van der Waals surface area contributed by atoms with Crippen molar-refractivity contribution in [1.29, 1.82) is 0 Å². The van der Waals surface area contributed by atoms with Crippen LogP contribution in [0, 0.1) is 5.92 Å². The first-order valence-corrected chi connectivity index (χ1v) is 7.78. The zero-order valence-corrected chi connectivity index (χ0v) is 12.9. The minimum atomic E-state index is -0.465. The lowest BCUT2D eigenvalue weighted by atomic mass is 10.0. The topological polar surface area (TPSA) is 51.2 Å². The summed E-state index contributed by atoms with van der Waals surface area (Å²) in [6.07, 6.45) is 3.32. The van der Waals surface area contributed by atoms with Crippen LogP contribution in [0.4, 0.5) is 0 Å². The van der Waals surface area contributed by atoms with Gasteiger partial charge in [-0.2, -0.15) is 0 Å². The molecular formula is C17H23NO4. The predicted molar refractivity (Wildman–Crippen MR) is 84.0 cm³/mol. The Morgan fingerprint density at radius 1 is 1.23 bits per heavy atom. The first-order chi connectivity index (χ1) is 10.7. The maximum atomic E-state index is 10.3. The van der Waals surface area contributed by atoms with Crippen molar-refractivity contribution in [2.75, 3.05) is 39.6 Å². The van der Waals surface area contributed by atoms with Gasteiger partial charge < -0.3 is 19.3 Å². The van der Waals surface area contributed by atoms with Crippen LogP contribution < -0.4 is 9.47 Å². The zero-order valence-electron chi connectivity index (χ0n) is 12.9. The maximum absolute atomic E-state index is 10.3. The minimum Gasteiger partial charge on any atom is -0.454 e. The van der Waals surface area contributed by atoms with E-state index in [1.807, 2.05) is 30.4 Å².